The minimum absolute atomic E-state index is 0.371. The molecule has 1 aliphatic carbocycles. The summed E-state index contributed by atoms with van der Waals surface area (Å²) in [7, 11) is 0. The van der Waals surface area contributed by atoms with Gasteiger partial charge in [-0.2, -0.15) is 13.2 Å². The van der Waals surface area contributed by atoms with Crippen LogP contribution in [0.2, 0.25) is 0 Å². The molecule has 1 atom stereocenters. The van der Waals surface area contributed by atoms with E-state index in [2.05, 4.69) is 31.9 Å². The van der Waals surface area contributed by atoms with Crippen LogP contribution in [0.5, 0.6) is 0 Å². The fourth-order valence-corrected chi connectivity index (χ4v) is 3.14. The van der Waals surface area contributed by atoms with E-state index in [1.54, 1.807) is 6.07 Å². The van der Waals surface area contributed by atoms with Crippen molar-refractivity contribution in [2.75, 3.05) is 0 Å². The zero-order chi connectivity index (χ0) is 12.6. The number of rotatable bonds is 3. The van der Waals surface area contributed by atoms with Crippen LogP contribution in [-0.2, 0) is 12.6 Å². The van der Waals surface area contributed by atoms with Crippen molar-refractivity contribution >= 4 is 31.9 Å². The maximum Gasteiger partial charge on any atom is 0.416 e. The molecule has 0 heterocycles. The maximum absolute atomic E-state index is 12.5. The lowest BCUT2D eigenvalue weighted by atomic mass is 10.1. The van der Waals surface area contributed by atoms with Crippen LogP contribution < -0.4 is 0 Å². The minimum atomic E-state index is -4.27. The third-order valence-electron chi connectivity index (χ3n) is 2.93. The predicted molar refractivity (Wildman–Crippen MR) is 68.3 cm³/mol. The van der Waals surface area contributed by atoms with Crippen LogP contribution in [0.15, 0.2) is 22.7 Å². The first kappa shape index (κ1) is 13.4. The molecule has 1 aromatic rings. The van der Waals surface area contributed by atoms with Crippen molar-refractivity contribution in [3.63, 3.8) is 0 Å². The first-order valence-corrected chi connectivity index (χ1v) is 7.08. The summed E-state index contributed by atoms with van der Waals surface area (Å²) in [5.41, 5.74) is 0.317. The van der Waals surface area contributed by atoms with Crippen LogP contribution in [0.25, 0.3) is 0 Å². The van der Waals surface area contributed by atoms with E-state index >= 15 is 0 Å². The molecule has 0 radical (unpaired) electrons. The lowest BCUT2D eigenvalue weighted by Crippen LogP contribution is -2.08. The highest BCUT2D eigenvalue weighted by Gasteiger charge is 2.32. The largest absolute Gasteiger partial charge is 0.416 e. The topological polar surface area (TPSA) is 0 Å². The van der Waals surface area contributed by atoms with E-state index in [-0.39, 0.29) is 0 Å². The second-order valence-corrected chi connectivity index (χ2v) is 6.39. The smallest absolute Gasteiger partial charge is 0.166 e. The molecule has 1 fully saturated rings. The Morgan fingerprint density at radius 2 is 1.94 bits per heavy atom. The Bertz CT molecular complexity index is 411. The van der Waals surface area contributed by atoms with Gasteiger partial charge in [0, 0.05) is 9.30 Å². The second kappa shape index (κ2) is 4.92. The number of benzene rings is 1. The minimum Gasteiger partial charge on any atom is -0.166 e. The Morgan fingerprint density at radius 3 is 2.41 bits per heavy atom. The van der Waals surface area contributed by atoms with Gasteiger partial charge in [0.15, 0.2) is 0 Å². The summed E-state index contributed by atoms with van der Waals surface area (Å²) in [6.07, 6.45) is -1.07. The van der Waals surface area contributed by atoms with Crippen molar-refractivity contribution in [2.24, 2.45) is 5.92 Å². The van der Waals surface area contributed by atoms with Gasteiger partial charge >= 0.3 is 6.18 Å². The van der Waals surface area contributed by atoms with Gasteiger partial charge in [-0.3, -0.25) is 0 Å². The molecule has 1 aliphatic rings. The molecule has 17 heavy (non-hydrogen) atoms. The molecule has 1 saturated carbocycles. The highest BCUT2D eigenvalue weighted by Crippen LogP contribution is 2.39. The van der Waals surface area contributed by atoms with Crippen molar-refractivity contribution in [1.29, 1.82) is 0 Å². The number of hydrogen-bond acceptors (Lipinski definition) is 0. The average Bonchev–Trinajstić information content (AvgIpc) is 3.02. The van der Waals surface area contributed by atoms with Crippen LogP contribution in [0.3, 0.4) is 0 Å². The molecule has 0 aromatic heterocycles. The van der Waals surface area contributed by atoms with E-state index in [0.29, 0.717) is 15.2 Å². The Morgan fingerprint density at radius 1 is 1.29 bits per heavy atom. The van der Waals surface area contributed by atoms with E-state index < -0.39 is 11.7 Å². The van der Waals surface area contributed by atoms with Crippen LogP contribution in [0, 0.1) is 5.92 Å². The van der Waals surface area contributed by atoms with Gasteiger partial charge in [-0.1, -0.05) is 37.9 Å². The Balaban J connectivity index is 2.13. The number of hydrogen-bond donors (Lipinski definition) is 0. The summed E-state index contributed by atoms with van der Waals surface area (Å²) in [4.78, 5) is 0.371. The Hall–Kier alpha value is -0.0300. The van der Waals surface area contributed by atoms with Gasteiger partial charge in [-0.15, -0.1) is 0 Å². The summed E-state index contributed by atoms with van der Waals surface area (Å²) in [5.74, 6) is 0.684. The average molecular weight is 372 g/mol. The molecule has 0 nitrogen and oxygen atoms in total. The summed E-state index contributed by atoms with van der Waals surface area (Å²) in [6, 6.07) is 3.86. The van der Waals surface area contributed by atoms with Crippen molar-refractivity contribution in [2.45, 2.75) is 30.3 Å². The molecule has 1 aromatic carbocycles. The molecular formula is C12H11Br2F3. The predicted octanol–water partition coefficient (Wildman–Crippen LogP) is 5.18. The number of alkyl halides is 4. The van der Waals surface area contributed by atoms with Gasteiger partial charge in [-0.05, 0) is 42.9 Å². The van der Waals surface area contributed by atoms with Crippen LogP contribution >= 0.6 is 31.9 Å². The van der Waals surface area contributed by atoms with Gasteiger partial charge in [0.25, 0.3) is 0 Å². The standard InChI is InChI=1S/C12H11Br2F3/c13-10(7-1-2-7)5-8-3-4-9(6-11(8)14)12(15,16)17/h3-4,6-7,10H,1-2,5H2. The zero-order valence-electron chi connectivity index (χ0n) is 8.90. The van der Waals surface area contributed by atoms with Gasteiger partial charge < -0.3 is 0 Å². The van der Waals surface area contributed by atoms with E-state index in [1.165, 1.54) is 12.8 Å². The summed E-state index contributed by atoms with van der Waals surface area (Å²) >= 11 is 6.81. The molecule has 5 heteroatoms. The molecule has 0 N–H and O–H groups in total. The molecule has 0 saturated heterocycles. The van der Waals surface area contributed by atoms with Crippen LogP contribution in [-0.4, -0.2) is 4.83 Å². The van der Waals surface area contributed by atoms with Gasteiger partial charge in [0.1, 0.15) is 0 Å². The third kappa shape index (κ3) is 3.47. The molecule has 0 aliphatic heterocycles. The van der Waals surface area contributed by atoms with Crippen molar-refractivity contribution in [3.05, 3.63) is 33.8 Å². The fourth-order valence-electron chi connectivity index (χ4n) is 1.72. The molecule has 0 spiro atoms. The van der Waals surface area contributed by atoms with Crippen molar-refractivity contribution in [1.82, 2.24) is 0 Å². The molecule has 2 rings (SSSR count). The van der Waals surface area contributed by atoms with Gasteiger partial charge in [0.2, 0.25) is 0 Å². The molecule has 94 valence electrons. The molecular weight excluding hydrogens is 361 g/mol. The summed E-state index contributed by atoms with van der Waals surface area (Å²) in [6.45, 7) is 0. The number of halogens is 5. The lowest BCUT2D eigenvalue weighted by Gasteiger charge is -2.12. The third-order valence-corrected chi connectivity index (χ3v) is 4.74. The van der Waals surface area contributed by atoms with Gasteiger partial charge in [-0.25, -0.2) is 0 Å². The second-order valence-electron chi connectivity index (χ2n) is 4.36. The van der Waals surface area contributed by atoms with Crippen molar-refractivity contribution in [3.8, 4) is 0 Å². The summed E-state index contributed by atoms with van der Waals surface area (Å²) in [5, 5.41) is 0. The first-order chi connectivity index (χ1) is 7.88. The molecule has 0 amide bonds. The molecule has 1 unspecified atom stereocenters. The highest BCUT2D eigenvalue weighted by atomic mass is 79.9. The van der Waals surface area contributed by atoms with E-state index in [1.807, 2.05) is 0 Å². The normalized spacial score (nSPS) is 18.2. The van der Waals surface area contributed by atoms with E-state index in [0.717, 1.165) is 24.1 Å². The van der Waals surface area contributed by atoms with Crippen LogP contribution in [0.4, 0.5) is 13.2 Å². The zero-order valence-corrected chi connectivity index (χ0v) is 12.1. The van der Waals surface area contributed by atoms with Crippen molar-refractivity contribution < 1.29 is 13.2 Å². The summed E-state index contributed by atoms with van der Waals surface area (Å²) < 4.78 is 37.9. The first-order valence-electron chi connectivity index (χ1n) is 5.37. The quantitative estimate of drug-likeness (QED) is 0.642. The maximum atomic E-state index is 12.5. The Kier molecular flexibility index (Phi) is 3.88. The monoisotopic (exact) mass is 370 g/mol. The highest BCUT2D eigenvalue weighted by molar-refractivity contribution is 9.10. The SMILES string of the molecule is FC(F)(F)c1ccc(CC(Br)C2CC2)c(Br)c1. The van der Waals surface area contributed by atoms with Gasteiger partial charge in [0.05, 0.1) is 5.56 Å². The molecule has 0 bridgehead atoms. The van der Waals surface area contributed by atoms with Crippen LogP contribution in [0.1, 0.15) is 24.0 Å². The Labute approximate surface area is 115 Å². The van der Waals surface area contributed by atoms with E-state index in [4.69, 9.17) is 0 Å². The van der Waals surface area contributed by atoms with E-state index in [9.17, 15) is 13.2 Å². The lowest BCUT2D eigenvalue weighted by molar-refractivity contribution is -0.137. The fraction of sp³-hybridized carbons (Fsp3) is 0.500.